The lowest BCUT2D eigenvalue weighted by Crippen LogP contribution is -2.44. The Morgan fingerprint density at radius 3 is 2.73 bits per heavy atom. The Balaban J connectivity index is 1.75. The molecule has 33 heavy (non-hydrogen) atoms. The fourth-order valence-corrected chi connectivity index (χ4v) is 4.10. The van der Waals surface area contributed by atoms with Gasteiger partial charge in [-0.1, -0.05) is 24.3 Å². The first-order chi connectivity index (χ1) is 16.1. The van der Waals surface area contributed by atoms with Gasteiger partial charge in [-0.15, -0.1) is 0 Å². The number of ether oxygens (including phenoxy) is 1. The number of hydrogen-bond acceptors (Lipinski definition) is 6. The lowest BCUT2D eigenvalue weighted by Gasteiger charge is -2.26. The molecule has 0 unspecified atom stereocenters. The minimum Gasteiger partial charge on any atom is -0.507 e. The van der Waals surface area contributed by atoms with Crippen molar-refractivity contribution < 1.29 is 14.6 Å². The summed E-state index contributed by atoms with van der Waals surface area (Å²) in [5.74, 6) is 0.780. The molecule has 2 heterocycles. The lowest BCUT2D eigenvalue weighted by atomic mass is 10.0. The highest BCUT2D eigenvalue weighted by Gasteiger charge is 2.32. The summed E-state index contributed by atoms with van der Waals surface area (Å²) in [6.45, 7) is 1.64. The molecule has 1 amide bonds. The molecule has 0 bridgehead atoms. The first kappa shape index (κ1) is 22.3. The number of amides is 1. The smallest absolute Gasteiger partial charge is 0.242 e. The van der Waals surface area contributed by atoms with Gasteiger partial charge in [-0.2, -0.15) is 5.26 Å². The highest BCUT2D eigenvalue weighted by Crippen LogP contribution is 2.35. The second kappa shape index (κ2) is 10.2. The summed E-state index contributed by atoms with van der Waals surface area (Å²) in [5, 5.41) is 22.5. The van der Waals surface area contributed by atoms with Crippen LogP contribution in [0.3, 0.4) is 0 Å². The molecule has 0 radical (unpaired) electrons. The van der Waals surface area contributed by atoms with E-state index in [0.29, 0.717) is 42.3 Å². The van der Waals surface area contributed by atoms with Crippen molar-refractivity contribution in [3.05, 3.63) is 66.2 Å². The van der Waals surface area contributed by atoms with Crippen molar-refractivity contribution in [2.45, 2.75) is 18.9 Å². The van der Waals surface area contributed by atoms with Crippen molar-refractivity contribution in [2.24, 2.45) is 0 Å². The van der Waals surface area contributed by atoms with E-state index in [0.717, 1.165) is 24.0 Å². The Morgan fingerprint density at radius 2 is 2.00 bits per heavy atom. The van der Waals surface area contributed by atoms with Crippen LogP contribution in [0.15, 0.2) is 60.7 Å². The monoisotopic (exact) mass is 442 g/mol. The maximum atomic E-state index is 12.8. The van der Waals surface area contributed by atoms with Crippen molar-refractivity contribution in [1.29, 1.82) is 5.26 Å². The Hall–Kier alpha value is -3.89. The van der Waals surface area contributed by atoms with Crippen LogP contribution in [0, 0.1) is 11.3 Å². The van der Waals surface area contributed by atoms with Crippen LogP contribution in [0.5, 0.6) is 5.75 Å². The van der Waals surface area contributed by atoms with Gasteiger partial charge >= 0.3 is 0 Å². The first-order valence-electron chi connectivity index (χ1n) is 10.9. The fourth-order valence-electron chi connectivity index (χ4n) is 4.10. The molecule has 3 aromatic rings. The van der Waals surface area contributed by atoms with Crippen molar-refractivity contribution in [3.8, 4) is 34.2 Å². The van der Waals surface area contributed by atoms with E-state index in [1.165, 1.54) is 0 Å². The van der Waals surface area contributed by atoms with Gasteiger partial charge in [-0.25, -0.2) is 4.98 Å². The third kappa shape index (κ3) is 4.97. The predicted molar refractivity (Wildman–Crippen MR) is 127 cm³/mol. The Morgan fingerprint density at radius 1 is 1.21 bits per heavy atom. The van der Waals surface area contributed by atoms with E-state index in [-0.39, 0.29) is 17.7 Å². The van der Waals surface area contributed by atoms with E-state index in [1.54, 1.807) is 31.4 Å². The number of anilines is 1. The van der Waals surface area contributed by atoms with Crippen LogP contribution in [0.25, 0.3) is 22.4 Å². The number of aromatic hydroxyl groups is 1. The fraction of sp³-hybridized carbons (Fsp3) is 0.269. The zero-order valence-electron chi connectivity index (χ0n) is 18.5. The maximum absolute atomic E-state index is 12.8. The third-order valence-corrected chi connectivity index (χ3v) is 5.79. The van der Waals surface area contributed by atoms with Crippen LogP contribution in [0.4, 0.5) is 5.82 Å². The first-order valence-corrected chi connectivity index (χ1v) is 10.9. The van der Waals surface area contributed by atoms with Crippen molar-refractivity contribution in [2.75, 3.05) is 31.7 Å². The van der Waals surface area contributed by atoms with E-state index >= 15 is 0 Å². The zero-order chi connectivity index (χ0) is 23.2. The van der Waals surface area contributed by atoms with Gasteiger partial charge in [0, 0.05) is 25.8 Å². The molecule has 168 valence electrons. The topological polar surface area (TPSA) is 98.5 Å². The number of methoxy groups -OCH3 is 1. The molecular weight excluding hydrogens is 416 g/mol. The Kier molecular flexibility index (Phi) is 6.86. The number of benzene rings is 2. The molecule has 0 aliphatic carbocycles. The normalized spacial score (nSPS) is 15.3. The van der Waals surface area contributed by atoms with Crippen LogP contribution in [0.1, 0.15) is 18.4 Å². The lowest BCUT2D eigenvalue weighted by molar-refractivity contribution is -0.122. The summed E-state index contributed by atoms with van der Waals surface area (Å²) in [5.41, 5.74) is 3.65. The van der Waals surface area contributed by atoms with Gasteiger partial charge in [0.2, 0.25) is 5.91 Å². The summed E-state index contributed by atoms with van der Waals surface area (Å²) in [6, 6.07) is 20.1. The molecule has 2 aromatic carbocycles. The largest absolute Gasteiger partial charge is 0.507 e. The number of nitriles is 1. The van der Waals surface area contributed by atoms with Gasteiger partial charge in [-0.3, -0.25) is 4.79 Å². The van der Waals surface area contributed by atoms with E-state index < -0.39 is 0 Å². The van der Waals surface area contributed by atoms with Gasteiger partial charge in [0.25, 0.3) is 0 Å². The highest BCUT2D eigenvalue weighted by atomic mass is 16.5. The molecule has 7 nitrogen and oxygen atoms in total. The average molecular weight is 443 g/mol. The predicted octanol–water partition coefficient (Wildman–Crippen LogP) is 3.72. The standard InChI is InChI=1S/C26H26N4O3/c1-33-14-12-28-26(32)23-6-4-13-30(23)25-16-20(19-10-8-18(17-27)9-11-19)15-22(29-25)21-5-2-3-7-24(21)31/h2-3,5,7-11,15-16,23,31H,4,6,12-14H2,1H3,(H,28,32)/t23-/m0/s1. The van der Waals surface area contributed by atoms with Crippen molar-refractivity contribution in [1.82, 2.24) is 10.3 Å². The number of nitrogens with one attached hydrogen (secondary N) is 1. The number of carbonyl (C=O) groups excluding carboxylic acids is 1. The van der Waals surface area contributed by atoms with E-state index in [1.807, 2.05) is 41.3 Å². The molecule has 1 atom stereocenters. The number of phenolic OH excluding ortho intramolecular Hbond substituents is 1. The summed E-state index contributed by atoms with van der Waals surface area (Å²) >= 11 is 0. The van der Waals surface area contributed by atoms with Gasteiger partial charge in [0.15, 0.2) is 0 Å². The number of pyridine rings is 1. The maximum Gasteiger partial charge on any atom is 0.242 e. The second-order valence-corrected chi connectivity index (χ2v) is 7.94. The summed E-state index contributed by atoms with van der Waals surface area (Å²) < 4.78 is 5.04. The van der Waals surface area contributed by atoms with Crippen LogP contribution >= 0.6 is 0 Å². The molecular formula is C26H26N4O3. The minimum absolute atomic E-state index is 0.0424. The van der Waals surface area contributed by atoms with Crippen molar-refractivity contribution >= 4 is 11.7 Å². The molecule has 1 aliphatic heterocycles. The summed E-state index contributed by atoms with van der Waals surface area (Å²) in [4.78, 5) is 19.7. The number of para-hydroxylation sites is 1. The van der Waals surface area contributed by atoms with Gasteiger partial charge in [-0.05, 0) is 60.4 Å². The minimum atomic E-state index is -0.317. The zero-order valence-corrected chi connectivity index (χ0v) is 18.5. The van der Waals surface area contributed by atoms with E-state index in [2.05, 4.69) is 11.4 Å². The van der Waals surface area contributed by atoms with Gasteiger partial charge in [0.05, 0.1) is 23.9 Å². The van der Waals surface area contributed by atoms with E-state index in [4.69, 9.17) is 15.0 Å². The van der Waals surface area contributed by atoms with E-state index in [9.17, 15) is 9.90 Å². The quantitative estimate of drug-likeness (QED) is 0.541. The Labute approximate surface area is 193 Å². The molecule has 1 saturated heterocycles. The molecule has 0 spiro atoms. The number of rotatable bonds is 7. The number of phenols is 1. The third-order valence-electron chi connectivity index (χ3n) is 5.79. The van der Waals surface area contributed by atoms with Crippen LogP contribution < -0.4 is 10.2 Å². The summed E-state index contributed by atoms with van der Waals surface area (Å²) in [7, 11) is 1.60. The average Bonchev–Trinajstić information content (AvgIpc) is 3.34. The molecule has 1 aromatic heterocycles. The number of aromatic nitrogens is 1. The molecule has 2 N–H and O–H groups in total. The SMILES string of the molecule is COCCNC(=O)[C@@H]1CCCN1c1cc(-c2ccc(C#N)cc2)cc(-c2ccccc2O)n1. The van der Waals surface area contributed by atoms with Gasteiger partial charge in [0.1, 0.15) is 17.6 Å². The number of carbonyl (C=O) groups is 1. The molecule has 1 fully saturated rings. The molecule has 7 heteroatoms. The molecule has 0 saturated carbocycles. The highest BCUT2D eigenvalue weighted by molar-refractivity contribution is 5.86. The molecule has 1 aliphatic rings. The second-order valence-electron chi connectivity index (χ2n) is 7.94. The van der Waals surface area contributed by atoms with Crippen molar-refractivity contribution in [3.63, 3.8) is 0 Å². The van der Waals surface area contributed by atoms with Gasteiger partial charge < -0.3 is 20.1 Å². The van der Waals surface area contributed by atoms with Crippen LogP contribution in [-0.2, 0) is 9.53 Å². The Bertz CT molecular complexity index is 1170. The van der Waals surface area contributed by atoms with Crippen LogP contribution in [0.2, 0.25) is 0 Å². The number of nitrogens with zero attached hydrogens (tertiary/aromatic N) is 3. The molecule has 4 rings (SSSR count). The van der Waals surface area contributed by atoms with Crippen LogP contribution in [-0.4, -0.2) is 48.8 Å². The summed E-state index contributed by atoms with van der Waals surface area (Å²) in [6.07, 6.45) is 1.63. The number of hydrogen-bond donors (Lipinski definition) is 2.